The number of epoxide rings is 1. The number of hydrogen-bond acceptors (Lipinski definition) is 9. The van der Waals surface area contributed by atoms with Crippen molar-refractivity contribution < 1.29 is 40.8 Å². The Morgan fingerprint density at radius 2 is 1.49 bits per heavy atom. The van der Waals surface area contributed by atoms with Crippen LogP contribution in [0.15, 0.2) is 12.2 Å². The molecule has 1 aliphatic carbocycles. The van der Waals surface area contributed by atoms with E-state index >= 15 is 0 Å². The quantitative estimate of drug-likeness (QED) is 0.0883. The lowest BCUT2D eigenvalue weighted by Gasteiger charge is -2.30. The van der Waals surface area contributed by atoms with Crippen molar-refractivity contribution in [1.82, 2.24) is 0 Å². The zero-order valence-electron chi connectivity index (χ0n) is 22.8. The van der Waals surface area contributed by atoms with E-state index in [2.05, 4.69) is 0 Å². The summed E-state index contributed by atoms with van der Waals surface area (Å²) in [6.45, 7) is 10.2. The van der Waals surface area contributed by atoms with E-state index in [0.717, 1.165) is 18.4 Å². The average Bonchev–Trinajstić information content (AvgIpc) is 3.64. The fraction of sp³-hybridized carbons (Fsp3) is 0.875. The van der Waals surface area contributed by atoms with Crippen molar-refractivity contribution >= 4 is 23.6 Å². The van der Waals surface area contributed by atoms with Crippen LogP contribution >= 0.6 is 0 Å². The van der Waals surface area contributed by atoms with Gasteiger partial charge in [-0.3, -0.25) is 0 Å². The molecule has 35 heavy (non-hydrogen) atoms. The van der Waals surface area contributed by atoms with Crippen LogP contribution in [-0.2, 0) is 40.8 Å². The maximum atomic E-state index is 11.0. The van der Waals surface area contributed by atoms with Gasteiger partial charge in [0.05, 0.1) is 18.8 Å². The predicted molar refractivity (Wildman–Crippen MR) is 138 cm³/mol. The van der Waals surface area contributed by atoms with Gasteiger partial charge in [-0.25, -0.2) is 4.79 Å². The van der Waals surface area contributed by atoms with E-state index in [-0.39, 0.29) is 5.97 Å². The summed E-state index contributed by atoms with van der Waals surface area (Å²) in [4.78, 5) is 11.0. The molecule has 1 heterocycles. The Bertz CT molecular complexity index is 576. The van der Waals surface area contributed by atoms with Crippen molar-refractivity contribution in [1.29, 1.82) is 0 Å². The molecule has 0 aromatic carbocycles. The molecule has 1 aliphatic heterocycles. The first-order chi connectivity index (χ1) is 16.9. The van der Waals surface area contributed by atoms with Crippen LogP contribution in [0.5, 0.6) is 0 Å². The van der Waals surface area contributed by atoms with Gasteiger partial charge in [-0.1, -0.05) is 6.08 Å². The second-order valence-electron chi connectivity index (χ2n) is 8.48. The van der Waals surface area contributed by atoms with Crippen molar-refractivity contribution in [2.24, 2.45) is 5.92 Å². The van der Waals surface area contributed by atoms with E-state index in [1.54, 1.807) is 34.3 Å². The summed E-state index contributed by atoms with van der Waals surface area (Å²) < 4.78 is 43.9. The summed E-state index contributed by atoms with van der Waals surface area (Å²) in [5.74, 6) is 0.430. The minimum absolute atomic E-state index is 0.331. The number of ether oxygens (including phenoxy) is 2. The molecule has 3 unspecified atom stereocenters. The summed E-state index contributed by atoms with van der Waals surface area (Å²) in [6, 6.07) is 1.57. The highest BCUT2D eigenvalue weighted by atomic mass is 28.4. The highest BCUT2D eigenvalue weighted by Crippen LogP contribution is 2.41. The Morgan fingerprint density at radius 3 is 1.97 bits per heavy atom. The van der Waals surface area contributed by atoms with Crippen LogP contribution in [0.1, 0.15) is 59.8 Å². The summed E-state index contributed by atoms with van der Waals surface area (Å²) in [6.07, 6.45) is 9.72. The number of allylic oxidation sites excluding steroid dienone is 1. The van der Waals surface area contributed by atoms with Crippen molar-refractivity contribution in [3.63, 3.8) is 0 Å². The minimum Gasteiger partial charge on any atom is -0.463 e. The topological polar surface area (TPSA) is 94.2 Å². The SMILES string of the molecule is CC=CC(=O)OCCC[Si](OC)(OC)OC.CCO[Si](CCC1CCC2OC2C1)(OCC)OCC. The smallest absolute Gasteiger partial charge is 0.463 e. The fourth-order valence-electron chi connectivity index (χ4n) is 4.33. The van der Waals surface area contributed by atoms with E-state index < -0.39 is 17.6 Å². The maximum Gasteiger partial charge on any atom is 0.500 e. The molecule has 2 rings (SSSR count). The number of fused-ring (bicyclic) bond motifs is 1. The highest BCUT2D eigenvalue weighted by molar-refractivity contribution is 6.61. The largest absolute Gasteiger partial charge is 0.500 e. The number of rotatable bonds is 17. The molecule has 0 aromatic rings. The standard InChI is InChI=1S/C14H28O4Si.C10H20O5Si/c1-4-15-19(16-5-2,17-6-3)10-9-12-7-8-13-14(11-12)18-13;1-5-7-10(11)15-8-6-9-16(12-2,13-3)14-4/h12-14H,4-11H2,1-3H3;5,7H,6,8-9H2,1-4H3. The summed E-state index contributed by atoms with van der Waals surface area (Å²) in [5.41, 5.74) is 0. The first-order valence-corrected chi connectivity index (χ1v) is 16.7. The molecular formula is C24H48O9Si2. The van der Waals surface area contributed by atoms with Gasteiger partial charge in [0, 0.05) is 59.3 Å². The van der Waals surface area contributed by atoms with Crippen LogP contribution in [0.3, 0.4) is 0 Å². The molecule has 0 N–H and O–H groups in total. The molecule has 0 aromatic heterocycles. The molecule has 206 valence electrons. The van der Waals surface area contributed by atoms with Crippen molar-refractivity contribution in [2.45, 2.75) is 84.1 Å². The third-order valence-electron chi connectivity index (χ3n) is 6.17. The zero-order chi connectivity index (χ0) is 26.2. The van der Waals surface area contributed by atoms with Crippen molar-refractivity contribution in [3.8, 4) is 0 Å². The van der Waals surface area contributed by atoms with Gasteiger partial charge < -0.3 is 36.0 Å². The minimum atomic E-state index is -2.52. The van der Waals surface area contributed by atoms with Gasteiger partial charge in [0.25, 0.3) is 0 Å². The van der Waals surface area contributed by atoms with Crippen molar-refractivity contribution in [2.75, 3.05) is 47.8 Å². The van der Waals surface area contributed by atoms with Crippen LogP contribution in [-0.4, -0.2) is 83.5 Å². The second kappa shape index (κ2) is 17.8. The van der Waals surface area contributed by atoms with E-state index in [4.69, 9.17) is 36.0 Å². The van der Waals surface area contributed by atoms with Gasteiger partial charge in [-0.2, -0.15) is 0 Å². The first-order valence-electron chi connectivity index (χ1n) is 12.9. The zero-order valence-corrected chi connectivity index (χ0v) is 24.8. The highest BCUT2D eigenvalue weighted by Gasteiger charge is 2.46. The van der Waals surface area contributed by atoms with E-state index in [1.165, 1.54) is 25.3 Å². The average molecular weight is 537 g/mol. The van der Waals surface area contributed by atoms with Gasteiger partial charge in [-0.15, -0.1) is 0 Å². The lowest BCUT2D eigenvalue weighted by atomic mass is 9.88. The number of esters is 1. The van der Waals surface area contributed by atoms with E-state index in [0.29, 0.717) is 51.1 Å². The van der Waals surface area contributed by atoms with Crippen LogP contribution < -0.4 is 0 Å². The molecule has 0 bridgehead atoms. The Labute approximate surface area is 214 Å². The molecule has 3 atom stereocenters. The third-order valence-corrected chi connectivity index (χ3v) is 12.1. The number of carbonyl (C=O) groups is 1. The Kier molecular flexibility index (Phi) is 16.4. The van der Waals surface area contributed by atoms with E-state index in [9.17, 15) is 4.79 Å². The maximum absolute atomic E-state index is 11.0. The third kappa shape index (κ3) is 12.0. The molecule has 1 saturated heterocycles. The molecule has 0 amide bonds. The lowest BCUT2D eigenvalue weighted by molar-refractivity contribution is -0.137. The molecule has 2 fully saturated rings. The molecule has 9 nitrogen and oxygen atoms in total. The monoisotopic (exact) mass is 536 g/mol. The van der Waals surface area contributed by atoms with Gasteiger partial charge in [0.2, 0.25) is 0 Å². The van der Waals surface area contributed by atoms with Crippen molar-refractivity contribution in [3.05, 3.63) is 12.2 Å². The molecule has 0 radical (unpaired) electrons. The molecule has 11 heteroatoms. The van der Waals surface area contributed by atoms with Crippen LogP contribution in [0.25, 0.3) is 0 Å². The Morgan fingerprint density at radius 1 is 0.886 bits per heavy atom. The molecule has 1 saturated carbocycles. The predicted octanol–water partition coefficient (Wildman–Crippen LogP) is 4.37. The summed E-state index contributed by atoms with van der Waals surface area (Å²) >= 11 is 0. The second-order valence-corrected chi connectivity index (χ2v) is 14.3. The lowest BCUT2D eigenvalue weighted by Crippen LogP contribution is -2.46. The molecule has 0 spiro atoms. The molecule has 2 aliphatic rings. The van der Waals surface area contributed by atoms with Gasteiger partial charge in [-0.05, 0) is 65.7 Å². The van der Waals surface area contributed by atoms with Gasteiger partial charge >= 0.3 is 23.6 Å². The summed E-state index contributed by atoms with van der Waals surface area (Å²) in [5, 5.41) is 0. The Balaban J connectivity index is 0.000000357. The van der Waals surface area contributed by atoms with Gasteiger partial charge in [0.15, 0.2) is 0 Å². The van der Waals surface area contributed by atoms with E-state index in [1.807, 2.05) is 20.8 Å². The molecular weight excluding hydrogens is 488 g/mol. The first kappa shape index (κ1) is 32.4. The van der Waals surface area contributed by atoms with Crippen LogP contribution in [0.2, 0.25) is 12.1 Å². The number of carbonyl (C=O) groups excluding carboxylic acids is 1. The number of hydrogen-bond donors (Lipinski definition) is 0. The normalized spacial score (nSPS) is 21.9. The van der Waals surface area contributed by atoms with Gasteiger partial charge in [0.1, 0.15) is 0 Å². The van der Waals surface area contributed by atoms with Crippen LogP contribution in [0.4, 0.5) is 0 Å². The fourth-order valence-corrected chi connectivity index (χ4v) is 8.79. The summed E-state index contributed by atoms with van der Waals surface area (Å²) in [7, 11) is -0.264. The Hall–Kier alpha value is -0.636. The van der Waals surface area contributed by atoms with Crippen LogP contribution in [0, 0.1) is 5.92 Å².